The van der Waals surface area contributed by atoms with Gasteiger partial charge in [0, 0.05) is 30.1 Å². The first-order chi connectivity index (χ1) is 17.2. The Hall–Kier alpha value is -1.57. The third-order valence-electron chi connectivity index (χ3n) is 12.8. The van der Waals surface area contributed by atoms with Gasteiger partial charge in [0.1, 0.15) is 11.7 Å². The average Bonchev–Trinajstić information content (AvgIpc) is 3.25. The highest BCUT2D eigenvalue weighted by Gasteiger charge is 2.74. The fraction of sp³-hybridized carbons (Fsp3) is 0.833. The molecule has 13 atom stereocenters. The van der Waals surface area contributed by atoms with Crippen molar-refractivity contribution in [3.63, 3.8) is 0 Å². The van der Waals surface area contributed by atoms with Crippen LogP contribution in [0, 0.1) is 51.8 Å². The monoisotopic (exact) mass is 514 g/mol. The lowest BCUT2D eigenvalue weighted by Crippen LogP contribution is -2.72. The lowest BCUT2D eigenvalue weighted by atomic mass is 9.41. The summed E-state index contributed by atoms with van der Waals surface area (Å²) in [6.07, 6.45) is 3.21. The van der Waals surface area contributed by atoms with Crippen molar-refractivity contribution in [2.75, 3.05) is 0 Å². The quantitative estimate of drug-likeness (QED) is 0.363. The predicted molar refractivity (Wildman–Crippen MR) is 134 cm³/mol. The van der Waals surface area contributed by atoms with Crippen molar-refractivity contribution < 1.29 is 34.4 Å². The molecular formula is C30H42O7. The van der Waals surface area contributed by atoms with Crippen LogP contribution in [0.25, 0.3) is 0 Å². The summed E-state index contributed by atoms with van der Waals surface area (Å²) in [5.41, 5.74) is -2.18. The van der Waals surface area contributed by atoms with Crippen molar-refractivity contribution >= 4 is 17.5 Å². The molecule has 6 aliphatic carbocycles. The van der Waals surface area contributed by atoms with Crippen molar-refractivity contribution in [3.8, 4) is 0 Å². The molecule has 0 radical (unpaired) electrons. The first-order valence-corrected chi connectivity index (χ1v) is 14.2. The minimum atomic E-state index is -1.63. The van der Waals surface area contributed by atoms with Crippen molar-refractivity contribution in [1.82, 2.24) is 0 Å². The van der Waals surface area contributed by atoms with Gasteiger partial charge in [-0.25, -0.2) is 0 Å². The Balaban J connectivity index is 1.48. The van der Waals surface area contributed by atoms with Gasteiger partial charge in [-0.05, 0) is 73.5 Å². The SMILES string of the molecule is CC(=O)OC1C(=O)C2(O)CC[C@H](O)CC2(C)C2CCC3(C)C(CC4C3C(C)C=C3CC(=O)C(O)C34C)C12. The van der Waals surface area contributed by atoms with Gasteiger partial charge >= 0.3 is 5.97 Å². The summed E-state index contributed by atoms with van der Waals surface area (Å²) in [6.45, 7) is 9.84. The molecule has 0 aromatic heterocycles. The van der Waals surface area contributed by atoms with Gasteiger partial charge in [-0.15, -0.1) is 0 Å². The van der Waals surface area contributed by atoms with Crippen LogP contribution in [-0.4, -0.2) is 56.8 Å². The molecule has 12 unspecified atom stereocenters. The van der Waals surface area contributed by atoms with E-state index in [-0.39, 0.29) is 53.1 Å². The maximum Gasteiger partial charge on any atom is 0.303 e. The molecule has 0 aliphatic heterocycles. The molecule has 6 aliphatic rings. The van der Waals surface area contributed by atoms with Gasteiger partial charge in [0.05, 0.1) is 6.10 Å². The summed E-state index contributed by atoms with van der Waals surface area (Å²) in [6, 6.07) is 0. The zero-order valence-electron chi connectivity index (χ0n) is 22.7. The Morgan fingerprint density at radius 1 is 1.05 bits per heavy atom. The van der Waals surface area contributed by atoms with Gasteiger partial charge in [0.2, 0.25) is 5.78 Å². The topological polar surface area (TPSA) is 121 Å². The number of Topliss-reactive ketones (excluding diaryl/α,β-unsaturated/α-hetero) is 2. The number of esters is 1. The molecule has 0 amide bonds. The smallest absolute Gasteiger partial charge is 0.303 e. The number of fused-ring (bicyclic) bond motifs is 9. The van der Waals surface area contributed by atoms with Crippen molar-refractivity contribution in [1.29, 1.82) is 0 Å². The van der Waals surface area contributed by atoms with E-state index >= 15 is 0 Å². The largest absolute Gasteiger partial charge is 0.454 e. The molecule has 7 nitrogen and oxygen atoms in total. The molecule has 6 rings (SSSR count). The first kappa shape index (κ1) is 25.7. The van der Waals surface area contributed by atoms with E-state index in [2.05, 4.69) is 19.9 Å². The van der Waals surface area contributed by atoms with Crippen LogP contribution in [-0.2, 0) is 19.1 Å². The zero-order chi connectivity index (χ0) is 26.9. The Morgan fingerprint density at radius 2 is 1.76 bits per heavy atom. The summed E-state index contributed by atoms with van der Waals surface area (Å²) in [4.78, 5) is 39.1. The summed E-state index contributed by atoms with van der Waals surface area (Å²) in [5.74, 6) is -0.835. The predicted octanol–water partition coefficient (Wildman–Crippen LogP) is 2.98. The molecule has 0 bridgehead atoms. The first-order valence-electron chi connectivity index (χ1n) is 14.2. The van der Waals surface area contributed by atoms with Crippen LogP contribution in [0.5, 0.6) is 0 Å². The van der Waals surface area contributed by atoms with E-state index in [1.54, 1.807) is 0 Å². The number of hydrogen-bond acceptors (Lipinski definition) is 7. The number of aliphatic hydroxyl groups excluding tert-OH is 2. The number of ether oxygens (including phenoxy) is 1. The number of aliphatic hydroxyl groups is 3. The van der Waals surface area contributed by atoms with Gasteiger partial charge < -0.3 is 20.1 Å². The average molecular weight is 515 g/mol. The molecule has 0 spiro atoms. The van der Waals surface area contributed by atoms with E-state index in [9.17, 15) is 29.7 Å². The van der Waals surface area contributed by atoms with Crippen molar-refractivity contribution in [2.45, 2.75) is 103 Å². The summed E-state index contributed by atoms with van der Waals surface area (Å²) < 4.78 is 5.81. The van der Waals surface area contributed by atoms with E-state index < -0.39 is 46.5 Å². The number of carbonyl (C=O) groups is 3. The Kier molecular flexibility index (Phi) is 5.39. The van der Waals surface area contributed by atoms with E-state index in [0.717, 1.165) is 24.8 Å². The maximum absolute atomic E-state index is 14.1. The zero-order valence-corrected chi connectivity index (χ0v) is 22.7. The maximum atomic E-state index is 14.1. The van der Waals surface area contributed by atoms with Gasteiger partial charge in [-0.1, -0.05) is 39.3 Å². The molecule has 0 heterocycles. The number of ketones is 2. The van der Waals surface area contributed by atoms with Crippen LogP contribution in [0.15, 0.2) is 11.6 Å². The van der Waals surface area contributed by atoms with E-state index in [4.69, 9.17) is 4.74 Å². The minimum absolute atomic E-state index is 0.0323. The molecule has 37 heavy (non-hydrogen) atoms. The van der Waals surface area contributed by atoms with Crippen LogP contribution < -0.4 is 0 Å². The van der Waals surface area contributed by atoms with Crippen LogP contribution in [0.3, 0.4) is 0 Å². The second kappa shape index (κ2) is 7.76. The molecule has 0 saturated heterocycles. The molecule has 0 aromatic carbocycles. The lowest BCUT2D eigenvalue weighted by Gasteiger charge is -2.64. The second-order valence-corrected chi connectivity index (χ2v) is 14.2. The van der Waals surface area contributed by atoms with Crippen molar-refractivity contribution in [3.05, 3.63) is 11.6 Å². The second-order valence-electron chi connectivity index (χ2n) is 14.2. The highest BCUT2D eigenvalue weighted by atomic mass is 16.5. The van der Waals surface area contributed by atoms with Crippen LogP contribution in [0.2, 0.25) is 0 Å². The fourth-order valence-corrected chi connectivity index (χ4v) is 11.1. The number of hydrogen-bond donors (Lipinski definition) is 3. The Bertz CT molecular complexity index is 1100. The summed E-state index contributed by atoms with van der Waals surface area (Å²) in [7, 11) is 0. The van der Waals surface area contributed by atoms with Crippen LogP contribution >= 0.6 is 0 Å². The molecule has 0 aromatic rings. The lowest BCUT2D eigenvalue weighted by molar-refractivity contribution is -0.237. The number of rotatable bonds is 1. The summed E-state index contributed by atoms with van der Waals surface area (Å²) in [5, 5.41) is 33.7. The van der Waals surface area contributed by atoms with Crippen molar-refractivity contribution in [2.24, 2.45) is 51.8 Å². The van der Waals surface area contributed by atoms with Gasteiger partial charge in [-0.3, -0.25) is 14.4 Å². The Morgan fingerprint density at radius 3 is 2.43 bits per heavy atom. The minimum Gasteiger partial charge on any atom is -0.454 e. The van der Waals surface area contributed by atoms with Crippen LogP contribution in [0.4, 0.5) is 0 Å². The molecule has 5 saturated carbocycles. The fourth-order valence-electron chi connectivity index (χ4n) is 11.1. The molecule has 3 N–H and O–H groups in total. The third kappa shape index (κ3) is 2.97. The van der Waals surface area contributed by atoms with E-state index in [1.165, 1.54) is 6.92 Å². The normalized spacial score (nSPS) is 56.4. The van der Waals surface area contributed by atoms with Gasteiger partial charge in [0.15, 0.2) is 11.9 Å². The summed E-state index contributed by atoms with van der Waals surface area (Å²) >= 11 is 0. The highest BCUT2D eigenvalue weighted by molar-refractivity contribution is 5.95. The van der Waals surface area contributed by atoms with Gasteiger partial charge in [-0.2, -0.15) is 0 Å². The molecular weight excluding hydrogens is 472 g/mol. The van der Waals surface area contributed by atoms with Crippen LogP contribution in [0.1, 0.15) is 79.6 Å². The van der Waals surface area contributed by atoms with E-state index in [1.807, 2.05) is 13.8 Å². The van der Waals surface area contributed by atoms with Gasteiger partial charge in [0.25, 0.3) is 0 Å². The number of allylic oxidation sites excluding steroid dienone is 1. The standard InChI is InChI=1S/C30H42O7/c1-14-10-16-11-21(33)25(34)29(16,5)20-12-19-22-18(7-8-27(19,3)23(14)20)28(4)13-17(32)6-9-30(28,36)26(35)24(22)37-15(2)31/h10,14,17-20,22-25,32,34,36H,6-9,11-13H2,1-5H3/t14?,17-,18?,19?,20?,22?,23?,24?,25?,27?,28?,29?,30?/m0/s1. The molecule has 7 heteroatoms. The number of carbonyl (C=O) groups excluding carboxylic acids is 3. The van der Waals surface area contributed by atoms with E-state index in [0.29, 0.717) is 19.3 Å². The molecule has 204 valence electrons. The Labute approximate surface area is 219 Å². The molecule has 5 fully saturated rings. The third-order valence-corrected chi connectivity index (χ3v) is 12.8. The highest BCUT2D eigenvalue weighted by Crippen LogP contribution is 2.74.